The van der Waals surface area contributed by atoms with Crippen LogP contribution in [0.25, 0.3) is 10.9 Å². The first-order valence-corrected chi connectivity index (χ1v) is 13.9. The minimum absolute atomic E-state index is 0.0338. The van der Waals surface area contributed by atoms with Crippen molar-refractivity contribution in [3.8, 4) is 18.1 Å². The van der Waals surface area contributed by atoms with Crippen molar-refractivity contribution < 1.29 is 45.4 Å². The minimum atomic E-state index is -2.45. The fourth-order valence-corrected chi connectivity index (χ4v) is 4.43. The molecule has 4 rings (SSSR count). The molecule has 0 unspecified atom stereocenters. The van der Waals surface area contributed by atoms with Crippen molar-refractivity contribution in [3.05, 3.63) is 98.1 Å². The lowest BCUT2D eigenvalue weighted by molar-refractivity contribution is -0.157. The van der Waals surface area contributed by atoms with Crippen LogP contribution in [0.1, 0.15) is 48.1 Å². The Morgan fingerprint density at radius 2 is 1.57 bits per heavy atom. The van der Waals surface area contributed by atoms with E-state index in [-0.39, 0.29) is 30.9 Å². The molecule has 0 aliphatic heterocycles. The summed E-state index contributed by atoms with van der Waals surface area (Å²) in [5.74, 6) is -14.6. The smallest absolute Gasteiger partial charge is 0.346 e. The van der Waals surface area contributed by atoms with Crippen LogP contribution in [0.2, 0.25) is 0 Å². The fourth-order valence-electron chi connectivity index (χ4n) is 4.43. The number of hydrogen-bond acceptors (Lipinski definition) is 7. The minimum Gasteiger partial charge on any atom is -0.443 e. The first-order valence-electron chi connectivity index (χ1n) is 13.9. The highest BCUT2D eigenvalue weighted by Crippen LogP contribution is 2.31. The highest BCUT2D eigenvalue weighted by atomic mass is 19.2. The van der Waals surface area contributed by atoms with Gasteiger partial charge in [-0.3, -0.25) is 14.2 Å². The van der Waals surface area contributed by atoms with Crippen LogP contribution >= 0.6 is 0 Å². The van der Waals surface area contributed by atoms with Crippen molar-refractivity contribution in [1.29, 1.82) is 0 Å². The second-order valence-electron chi connectivity index (χ2n) is 11.5. The fraction of sp³-hybridized carbons (Fsp3) is 0.273. The third-order valence-corrected chi connectivity index (χ3v) is 7.09. The topological polar surface area (TPSA) is 90.7 Å². The van der Waals surface area contributed by atoms with Crippen LogP contribution in [0.4, 0.5) is 32.0 Å². The number of benzene rings is 3. The molecule has 0 spiro atoms. The third-order valence-electron chi connectivity index (χ3n) is 7.09. The van der Waals surface area contributed by atoms with Gasteiger partial charge in [-0.2, -0.15) is 8.78 Å². The van der Waals surface area contributed by atoms with Gasteiger partial charge < -0.3 is 14.4 Å². The zero-order valence-electron chi connectivity index (χ0n) is 25.7. The molecular formula is C33H27F6N3O5. The molecule has 4 aromatic rings. The van der Waals surface area contributed by atoms with E-state index in [1.807, 2.05) is 0 Å². The quantitative estimate of drug-likeness (QED) is 0.0552. The summed E-state index contributed by atoms with van der Waals surface area (Å²) in [5, 5.41) is 0.209. The summed E-state index contributed by atoms with van der Waals surface area (Å²) in [4.78, 5) is 44.2. The maximum atomic E-state index is 15.1. The monoisotopic (exact) mass is 659 g/mol. The van der Waals surface area contributed by atoms with Gasteiger partial charge in [0.2, 0.25) is 34.8 Å². The Hall–Kier alpha value is -5.32. The van der Waals surface area contributed by atoms with E-state index in [1.165, 1.54) is 15.5 Å². The number of aryl methyl sites for hydroxylation is 2. The van der Waals surface area contributed by atoms with E-state index in [0.717, 1.165) is 12.1 Å². The number of esters is 2. The number of nitrogens with zero attached hydrogens (tertiary/aromatic N) is 3. The number of terminal acetylenes is 1. The van der Waals surface area contributed by atoms with E-state index in [1.54, 1.807) is 46.8 Å². The standard InChI is InChI=1S/C33H27F6N3O5/c1-7-10-41(19-8-9-20(22(34)13-19)31(44)47-29-27(38)25(36)24(35)26(37)28(29)39)14-18-12-21-23(11-16(18)2)40-17(3)42(30(21)43)15-46-32(45)33(4,5)6/h1,8-9,11-13H,10,14-15H2,2-6H3. The largest absolute Gasteiger partial charge is 0.443 e. The number of aromatic nitrogens is 2. The Labute approximate surface area is 264 Å². The van der Waals surface area contributed by atoms with Crippen molar-refractivity contribution in [2.75, 3.05) is 11.4 Å². The van der Waals surface area contributed by atoms with Crippen LogP contribution in [-0.4, -0.2) is 28.0 Å². The molecule has 0 aliphatic carbocycles. The van der Waals surface area contributed by atoms with Gasteiger partial charge in [0.15, 0.2) is 6.73 Å². The first-order chi connectivity index (χ1) is 22.0. The van der Waals surface area contributed by atoms with Crippen molar-refractivity contribution in [2.45, 2.75) is 47.9 Å². The van der Waals surface area contributed by atoms with Crippen LogP contribution in [0.5, 0.6) is 5.75 Å². The summed E-state index contributed by atoms with van der Waals surface area (Å²) in [6.45, 7) is 7.98. The highest BCUT2D eigenvalue weighted by Gasteiger charge is 2.30. The summed E-state index contributed by atoms with van der Waals surface area (Å²) in [6, 6.07) is 6.24. The molecule has 14 heteroatoms. The van der Waals surface area contributed by atoms with E-state index in [9.17, 15) is 36.3 Å². The molecule has 0 bridgehead atoms. The lowest BCUT2D eigenvalue weighted by Crippen LogP contribution is -2.30. The lowest BCUT2D eigenvalue weighted by Gasteiger charge is -2.24. The summed E-state index contributed by atoms with van der Waals surface area (Å²) >= 11 is 0. The summed E-state index contributed by atoms with van der Waals surface area (Å²) < 4.78 is 94.3. The molecule has 0 fully saturated rings. The molecule has 0 saturated heterocycles. The molecule has 246 valence electrons. The lowest BCUT2D eigenvalue weighted by atomic mass is 9.98. The first kappa shape index (κ1) is 34.6. The molecule has 0 N–H and O–H groups in total. The molecule has 1 aromatic heterocycles. The number of anilines is 1. The van der Waals surface area contributed by atoms with E-state index < -0.39 is 69.1 Å². The van der Waals surface area contributed by atoms with E-state index in [2.05, 4.69) is 15.6 Å². The van der Waals surface area contributed by atoms with Gasteiger partial charge in [0, 0.05) is 12.2 Å². The number of ether oxygens (including phenoxy) is 2. The molecule has 3 aromatic carbocycles. The Morgan fingerprint density at radius 1 is 0.957 bits per heavy atom. The predicted molar refractivity (Wildman–Crippen MR) is 158 cm³/mol. The summed E-state index contributed by atoms with van der Waals surface area (Å²) in [5.41, 5.74) is -0.312. The highest BCUT2D eigenvalue weighted by molar-refractivity contribution is 5.92. The maximum absolute atomic E-state index is 15.1. The van der Waals surface area contributed by atoms with E-state index >= 15 is 4.39 Å². The number of halogens is 6. The SMILES string of the molecule is C#CCN(Cc1cc2c(=O)n(COC(=O)C(C)(C)C)c(C)nc2cc1C)c1ccc(C(=O)Oc2c(F)c(F)c(F)c(F)c2F)c(F)c1. The van der Waals surface area contributed by atoms with Crippen molar-refractivity contribution in [3.63, 3.8) is 0 Å². The Bertz CT molecular complexity index is 2000. The molecule has 1 heterocycles. The van der Waals surface area contributed by atoms with E-state index in [4.69, 9.17) is 11.2 Å². The van der Waals surface area contributed by atoms with Gasteiger partial charge in [0.05, 0.1) is 28.4 Å². The van der Waals surface area contributed by atoms with Gasteiger partial charge in [-0.1, -0.05) is 5.92 Å². The molecule has 47 heavy (non-hydrogen) atoms. The molecule has 0 saturated carbocycles. The van der Waals surface area contributed by atoms with E-state index in [0.29, 0.717) is 22.5 Å². The Kier molecular flexibility index (Phi) is 9.70. The molecular weight excluding hydrogens is 632 g/mol. The van der Waals surface area contributed by atoms with Crippen LogP contribution in [0.3, 0.4) is 0 Å². The Morgan fingerprint density at radius 3 is 2.15 bits per heavy atom. The second kappa shape index (κ2) is 13.2. The zero-order valence-corrected chi connectivity index (χ0v) is 25.7. The Balaban J connectivity index is 1.64. The van der Waals surface area contributed by atoms with Crippen LogP contribution in [-0.2, 0) is 22.8 Å². The molecule has 0 atom stereocenters. The summed E-state index contributed by atoms with van der Waals surface area (Å²) in [7, 11) is 0. The normalized spacial score (nSPS) is 11.4. The average molecular weight is 660 g/mol. The molecule has 0 aliphatic rings. The molecule has 8 nitrogen and oxygen atoms in total. The number of hydrogen-bond donors (Lipinski definition) is 0. The number of carbonyl (C=O) groups excluding carboxylic acids is 2. The molecule has 0 radical (unpaired) electrons. The van der Waals surface area contributed by atoms with Crippen molar-refractivity contribution >= 4 is 28.5 Å². The number of fused-ring (bicyclic) bond motifs is 1. The van der Waals surface area contributed by atoms with Crippen molar-refractivity contribution in [1.82, 2.24) is 9.55 Å². The third kappa shape index (κ3) is 6.94. The van der Waals surface area contributed by atoms with Crippen LogP contribution in [0.15, 0.2) is 35.1 Å². The van der Waals surface area contributed by atoms with Gasteiger partial charge in [-0.25, -0.2) is 27.3 Å². The van der Waals surface area contributed by atoms with Crippen molar-refractivity contribution in [2.24, 2.45) is 5.41 Å². The number of rotatable bonds is 8. The van der Waals surface area contributed by atoms with Gasteiger partial charge >= 0.3 is 11.9 Å². The number of carbonyl (C=O) groups is 2. The zero-order chi connectivity index (χ0) is 35.0. The van der Waals surface area contributed by atoms with Crippen LogP contribution in [0, 0.1) is 66.5 Å². The predicted octanol–water partition coefficient (Wildman–Crippen LogP) is 6.25. The van der Waals surface area contributed by atoms with Crippen LogP contribution < -0.4 is 15.2 Å². The maximum Gasteiger partial charge on any atom is 0.346 e. The van der Waals surface area contributed by atoms with Gasteiger partial charge in [0.25, 0.3) is 5.56 Å². The van der Waals surface area contributed by atoms with Gasteiger partial charge in [0.1, 0.15) is 11.6 Å². The van der Waals surface area contributed by atoms with Gasteiger partial charge in [-0.15, -0.1) is 6.42 Å². The molecule has 0 amide bonds. The van der Waals surface area contributed by atoms with Gasteiger partial charge in [-0.05, 0) is 76.1 Å². The average Bonchev–Trinajstić information content (AvgIpc) is 3.00. The summed E-state index contributed by atoms with van der Waals surface area (Å²) in [6.07, 6.45) is 5.54. The second-order valence-corrected chi connectivity index (χ2v) is 11.5.